The van der Waals surface area contributed by atoms with Gasteiger partial charge in [-0.05, 0) is 40.5 Å². The summed E-state index contributed by atoms with van der Waals surface area (Å²) in [5.41, 5.74) is -0.392. The van der Waals surface area contributed by atoms with Crippen LogP contribution in [0.1, 0.15) is 47.5 Å². The molecular weight excluding hydrogens is 228 g/mol. The highest BCUT2D eigenvalue weighted by molar-refractivity contribution is 5.70. The topological polar surface area (TPSA) is 32.8 Å². The van der Waals surface area contributed by atoms with Crippen LogP contribution < -0.4 is 0 Å². The number of piperidine rings is 1. The van der Waals surface area contributed by atoms with E-state index in [4.69, 9.17) is 4.74 Å². The van der Waals surface area contributed by atoms with E-state index in [2.05, 4.69) is 18.7 Å². The van der Waals surface area contributed by atoms with Crippen molar-refractivity contribution in [1.82, 2.24) is 9.80 Å². The van der Waals surface area contributed by atoms with Gasteiger partial charge in [0.2, 0.25) is 0 Å². The van der Waals surface area contributed by atoms with Crippen LogP contribution in [0.25, 0.3) is 0 Å². The van der Waals surface area contributed by atoms with E-state index < -0.39 is 5.60 Å². The first-order valence-electron chi connectivity index (χ1n) is 7.07. The minimum atomic E-state index is -0.392. The van der Waals surface area contributed by atoms with Gasteiger partial charge in [0.15, 0.2) is 0 Å². The van der Waals surface area contributed by atoms with E-state index in [-0.39, 0.29) is 6.09 Å². The lowest BCUT2D eigenvalue weighted by Crippen LogP contribution is -2.71. The largest absolute Gasteiger partial charge is 0.444 e. The lowest BCUT2D eigenvalue weighted by atomic mass is 9.87. The van der Waals surface area contributed by atoms with Gasteiger partial charge in [0, 0.05) is 19.1 Å². The van der Waals surface area contributed by atoms with E-state index in [1.54, 1.807) is 0 Å². The zero-order valence-corrected chi connectivity index (χ0v) is 12.3. The second-order valence-corrected chi connectivity index (χ2v) is 6.64. The van der Waals surface area contributed by atoms with Crippen molar-refractivity contribution in [3.8, 4) is 0 Å². The summed E-state index contributed by atoms with van der Waals surface area (Å²) in [6.45, 7) is 12.3. The molecule has 3 rings (SSSR count). The third-order valence-electron chi connectivity index (χ3n) is 4.04. The number of carbonyl (C=O) groups excluding carboxylic acids is 1. The van der Waals surface area contributed by atoms with Gasteiger partial charge in [0.05, 0.1) is 12.1 Å². The lowest BCUT2D eigenvalue weighted by molar-refractivity contribution is -0.0844. The molecule has 4 nitrogen and oxygen atoms in total. The molecule has 3 atom stereocenters. The van der Waals surface area contributed by atoms with Crippen LogP contribution in [0.5, 0.6) is 0 Å². The number of fused-ring (bicyclic) bond motifs is 2. The Balaban J connectivity index is 1.91. The Kier molecular flexibility index (Phi) is 3.58. The molecule has 3 fully saturated rings. The number of piperazine rings is 1. The summed E-state index contributed by atoms with van der Waals surface area (Å²) in [7, 11) is 0. The monoisotopic (exact) mass is 254 g/mol. The van der Waals surface area contributed by atoms with Crippen molar-refractivity contribution >= 4 is 6.09 Å². The second-order valence-electron chi connectivity index (χ2n) is 6.64. The Morgan fingerprint density at radius 1 is 1.33 bits per heavy atom. The van der Waals surface area contributed by atoms with Gasteiger partial charge in [0.1, 0.15) is 5.60 Å². The van der Waals surface area contributed by atoms with Crippen LogP contribution in [0.3, 0.4) is 0 Å². The molecule has 3 aliphatic rings. The standard InChI is InChI=1S/C14H26N2O2/c1-6-10(2)15-8-11-7-12(9-15)16(11)13(17)18-14(3,4)5/h10-12H,6-9H2,1-5H3. The Hall–Kier alpha value is -0.770. The Morgan fingerprint density at radius 3 is 2.33 bits per heavy atom. The Morgan fingerprint density at radius 2 is 1.89 bits per heavy atom. The third-order valence-corrected chi connectivity index (χ3v) is 4.04. The molecule has 3 aliphatic heterocycles. The summed E-state index contributed by atoms with van der Waals surface area (Å²) in [5.74, 6) is 0. The number of rotatable bonds is 2. The fourth-order valence-electron chi connectivity index (χ4n) is 2.87. The quantitative estimate of drug-likeness (QED) is 0.759. The summed E-state index contributed by atoms with van der Waals surface area (Å²) in [4.78, 5) is 16.5. The van der Waals surface area contributed by atoms with Crippen molar-refractivity contribution in [1.29, 1.82) is 0 Å². The second kappa shape index (κ2) is 4.72. The molecule has 3 saturated heterocycles. The maximum absolute atomic E-state index is 12.1. The molecule has 0 aromatic rings. The average molecular weight is 254 g/mol. The Labute approximate surface area is 110 Å². The highest BCUT2D eigenvalue weighted by atomic mass is 16.6. The molecule has 0 aromatic carbocycles. The van der Waals surface area contributed by atoms with Gasteiger partial charge in [-0.1, -0.05) is 6.92 Å². The SMILES string of the molecule is CCC(C)N1CC2CC(C1)N2C(=O)OC(C)(C)C. The zero-order valence-electron chi connectivity index (χ0n) is 12.3. The van der Waals surface area contributed by atoms with E-state index in [9.17, 15) is 4.79 Å². The molecule has 1 amide bonds. The summed E-state index contributed by atoms with van der Waals surface area (Å²) < 4.78 is 5.47. The minimum Gasteiger partial charge on any atom is -0.444 e. The van der Waals surface area contributed by atoms with Gasteiger partial charge in [-0.15, -0.1) is 0 Å². The van der Waals surface area contributed by atoms with Crippen LogP contribution in [0.4, 0.5) is 4.79 Å². The number of carbonyl (C=O) groups is 1. The summed E-state index contributed by atoms with van der Waals surface area (Å²) in [6.07, 6.45) is 2.19. The zero-order chi connectivity index (χ0) is 13.5. The van der Waals surface area contributed by atoms with Gasteiger partial charge in [0.25, 0.3) is 0 Å². The fourth-order valence-corrected chi connectivity index (χ4v) is 2.87. The van der Waals surface area contributed by atoms with E-state index in [0.29, 0.717) is 18.1 Å². The highest BCUT2D eigenvalue weighted by Crippen LogP contribution is 2.34. The van der Waals surface area contributed by atoms with Gasteiger partial charge in [-0.25, -0.2) is 4.79 Å². The van der Waals surface area contributed by atoms with E-state index in [1.165, 1.54) is 6.42 Å². The number of ether oxygens (including phenoxy) is 1. The van der Waals surface area contributed by atoms with Gasteiger partial charge in [-0.2, -0.15) is 0 Å². The fraction of sp³-hybridized carbons (Fsp3) is 0.929. The van der Waals surface area contributed by atoms with Gasteiger partial charge in [-0.3, -0.25) is 9.80 Å². The van der Waals surface area contributed by atoms with Crippen LogP contribution in [0, 0.1) is 0 Å². The van der Waals surface area contributed by atoms with E-state index >= 15 is 0 Å². The predicted molar refractivity (Wildman–Crippen MR) is 71.6 cm³/mol. The predicted octanol–water partition coefficient (Wildman–Crippen LogP) is 2.48. The number of nitrogens with zero attached hydrogens (tertiary/aromatic N) is 2. The highest BCUT2D eigenvalue weighted by Gasteiger charge is 2.49. The van der Waals surface area contributed by atoms with Crippen LogP contribution in [0.2, 0.25) is 0 Å². The van der Waals surface area contributed by atoms with Crippen molar-refractivity contribution in [3.05, 3.63) is 0 Å². The van der Waals surface area contributed by atoms with Crippen molar-refractivity contribution in [2.75, 3.05) is 13.1 Å². The first-order valence-corrected chi connectivity index (χ1v) is 7.07. The summed E-state index contributed by atoms with van der Waals surface area (Å²) in [6, 6.07) is 1.36. The molecule has 0 saturated carbocycles. The molecule has 4 heteroatoms. The molecule has 0 radical (unpaired) electrons. The molecule has 3 unspecified atom stereocenters. The lowest BCUT2D eigenvalue weighted by Gasteiger charge is -2.57. The van der Waals surface area contributed by atoms with Crippen LogP contribution >= 0.6 is 0 Å². The summed E-state index contributed by atoms with van der Waals surface area (Å²) >= 11 is 0. The van der Waals surface area contributed by atoms with E-state index in [1.807, 2.05) is 25.7 Å². The van der Waals surface area contributed by atoms with Crippen LogP contribution in [-0.2, 0) is 4.74 Å². The molecule has 18 heavy (non-hydrogen) atoms. The molecule has 0 aliphatic carbocycles. The Bertz CT molecular complexity index is 312. The molecular formula is C14H26N2O2. The van der Waals surface area contributed by atoms with Crippen molar-refractivity contribution < 1.29 is 9.53 Å². The molecule has 3 heterocycles. The van der Waals surface area contributed by atoms with Crippen LogP contribution in [0.15, 0.2) is 0 Å². The number of amides is 1. The molecule has 0 spiro atoms. The molecule has 104 valence electrons. The van der Waals surface area contributed by atoms with Gasteiger partial charge >= 0.3 is 6.09 Å². The normalized spacial score (nSPS) is 29.7. The molecule has 0 N–H and O–H groups in total. The first kappa shape index (κ1) is 13.7. The van der Waals surface area contributed by atoms with Crippen molar-refractivity contribution in [2.24, 2.45) is 0 Å². The minimum absolute atomic E-state index is 0.132. The maximum atomic E-state index is 12.1. The third kappa shape index (κ3) is 2.63. The molecule has 2 bridgehead atoms. The summed E-state index contributed by atoms with van der Waals surface area (Å²) in [5, 5.41) is 0. The number of hydrogen-bond acceptors (Lipinski definition) is 3. The van der Waals surface area contributed by atoms with Gasteiger partial charge < -0.3 is 4.74 Å². The maximum Gasteiger partial charge on any atom is 0.410 e. The van der Waals surface area contributed by atoms with Crippen molar-refractivity contribution in [3.63, 3.8) is 0 Å². The smallest absolute Gasteiger partial charge is 0.410 e. The van der Waals surface area contributed by atoms with Crippen molar-refractivity contribution in [2.45, 2.75) is 71.2 Å². The van der Waals surface area contributed by atoms with E-state index in [0.717, 1.165) is 19.5 Å². The molecule has 0 aromatic heterocycles. The van der Waals surface area contributed by atoms with Crippen LogP contribution in [-0.4, -0.2) is 52.7 Å². The average Bonchev–Trinajstić information content (AvgIpc) is 2.25. The number of hydrogen-bond donors (Lipinski definition) is 0. The first-order chi connectivity index (χ1) is 8.31.